The Morgan fingerprint density at radius 1 is 1.14 bits per heavy atom. The number of benzene rings is 2. The monoisotopic (exact) mass is 473 g/mol. The van der Waals surface area contributed by atoms with Gasteiger partial charge in [-0.05, 0) is 73.4 Å². The molecule has 1 amide bonds. The Balaban J connectivity index is 1.21. The first-order chi connectivity index (χ1) is 17.0. The average molecular weight is 474 g/mol. The van der Waals surface area contributed by atoms with Gasteiger partial charge in [0.25, 0.3) is 5.91 Å². The van der Waals surface area contributed by atoms with Crippen LogP contribution in [0.15, 0.2) is 73.1 Å². The number of carbonyl (C=O) groups is 1. The van der Waals surface area contributed by atoms with Crippen LogP contribution in [0.25, 0.3) is 5.65 Å². The number of nitrogens with zero attached hydrogens (tertiary/aromatic N) is 2. The predicted octanol–water partition coefficient (Wildman–Crippen LogP) is 4.84. The summed E-state index contributed by atoms with van der Waals surface area (Å²) < 4.78 is 27.3. The molecule has 1 saturated heterocycles. The Labute approximate surface area is 203 Å². The lowest BCUT2D eigenvalue weighted by molar-refractivity contribution is 0.0486. The van der Waals surface area contributed by atoms with Gasteiger partial charge in [-0.3, -0.25) is 4.79 Å². The molecule has 1 aliphatic rings. The van der Waals surface area contributed by atoms with Gasteiger partial charge in [0.05, 0.1) is 5.69 Å². The number of rotatable bonds is 7. The van der Waals surface area contributed by atoms with Crippen LogP contribution in [0.3, 0.4) is 0 Å². The first-order valence-electron chi connectivity index (χ1n) is 11.8. The van der Waals surface area contributed by atoms with E-state index in [2.05, 4.69) is 10.3 Å². The zero-order valence-corrected chi connectivity index (χ0v) is 19.7. The third-order valence-electron chi connectivity index (χ3n) is 6.71. The van der Waals surface area contributed by atoms with E-state index < -0.39 is 0 Å². The summed E-state index contributed by atoms with van der Waals surface area (Å²) in [6.45, 7) is 3.96. The fraction of sp³-hybridized carbons (Fsp3) is 0.286. The molecule has 0 spiro atoms. The van der Waals surface area contributed by atoms with Crippen molar-refractivity contribution in [3.63, 3.8) is 0 Å². The summed E-state index contributed by atoms with van der Waals surface area (Å²) >= 11 is 0. The molecule has 0 saturated carbocycles. The fourth-order valence-electron chi connectivity index (χ4n) is 4.63. The second-order valence-corrected chi connectivity index (χ2v) is 9.05. The molecule has 2 aromatic carbocycles. The van der Waals surface area contributed by atoms with Gasteiger partial charge in [0.1, 0.15) is 23.8 Å². The molecule has 0 atom stereocenters. The molecule has 0 unspecified atom stereocenters. The van der Waals surface area contributed by atoms with Crippen molar-refractivity contribution in [2.75, 3.05) is 19.8 Å². The standard InChI is InChI=1S/C28H28FN3O3/c1-20-4-3-13-32-17-24(31-26(20)32)18-35-25-9-7-21(8-10-25)27(33)30-19-28(11-14-34-15-12-28)22-5-2-6-23(29)16-22/h2-10,13,16-17H,11-12,14-15,18-19H2,1H3,(H,30,33). The number of aryl methyl sites for hydroxylation is 1. The van der Waals surface area contributed by atoms with E-state index in [-0.39, 0.29) is 17.1 Å². The summed E-state index contributed by atoms with van der Waals surface area (Å²) in [5.74, 6) is 0.222. The Morgan fingerprint density at radius 3 is 2.69 bits per heavy atom. The van der Waals surface area contributed by atoms with Crippen molar-refractivity contribution in [3.05, 3.63) is 101 Å². The van der Waals surface area contributed by atoms with Gasteiger partial charge in [-0.2, -0.15) is 0 Å². The highest BCUT2D eigenvalue weighted by molar-refractivity contribution is 5.94. The molecule has 0 aliphatic carbocycles. The SMILES string of the molecule is Cc1cccn2cc(COc3ccc(C(=O)NCC4(c5cccc(F)c5)CCOCC4)cc3)nc12. The van der Waals surface area contributed by atoms with Gasteiger partial charge < -0.3 is 19.2 Å². The molecule has 1 N–H and O–H groups in total. The highest BCUT2D eigenvalue weighted by Gasteiger charge is 2.35. The van der Waals surface area contributed by atoms with Crippen molar-refractivity contribution >= 4 is 11.6 Å². The minimum Gasteiger partial charge on any atom is -0.487 e. The number of nitrogens with one attached hydrogen (secondary N) is 1. The number of pyridine rings is 1. The van der Waals surface area contributed by atoms with E-state index in [0.717, 1.165) is 35.3 Å². The highest BCUT2D eigenvalue weighted by atomic mass is 19.1. The van der Waals surface area contributed by atoms with Crippen LogP contribution in [0.5, 0.6) is 5.75 Å². The first-order valence-corrected chi connectivity index (χ1v) is 11.8. The maximum atomic E-state index is 13.9. The Hall–Kier alpha value is -3.71. The number of carbonyl (C=O) groups excluding carboxylic acids is 1. The molecule has 0 radical (unpaired) electrons. The van der Waals surface area contributed by atoms with Crippen LogP contribution in [0.4, 0.5) is 4.39 Å². The maximum absolute atomic E-state index is 13.9. The zero-order valence-electron chi connectivity index (χ0n) is 19.7. The summed E-state index contributed by atoms with van der Waals surface area (Å²) in [5, 5.41) is 3.05. The second-order valence-electron chi connectivity index (χ2n) is 9.05. The second kappa shape index (κ2) is 9.88. The van der Waals surface area contributed by atoms with Crippen LogP contribution >= 0.6 is 0 Å². The number of fused-ring (bicyclic) bond motifs is 1. The first kappa shape index (κ1) is 23.1. The van der Waals surface area contributed by atoms with Crippen LogP contribution < -0.4 is 10.1 Å². The molecule has 2 aromatic heterocycles. The third kappa shape index (κ3) is 5.05. The van der Waals surface area contributed by atoms with Gasteiger partial charge in [0.2, 0.25) is 0 Å². The van der Waals surface area contributed by atoms with Crippen LogP contribution in [-0.4, -0.2) is 35.1 Å². The van der Waals surface area contributed by atoms with E-state index in [4.69, 9.17) is 9.47 Å². The van der Waals surface area contributed by atoms with Gasteiger partial charge in [-0.1, -0.05) is 18.2 Å². The van der Waals surface area contributed by atoms with Gasteiger partial charge in [0.15, 0.2) is 0 Å². The Bertz CT molecular complexity index is 1330. The van der Waals surface area contributed by atoms with E-state index >= 15 is 0 Å². The molecule has 3 heterocycles. The quantitative estimate of drug-likeness (QED) is 0.417. The lowest BCUT2D eigenvalue weighted by Gasteiger charge is -2.38. The minimum atomic E-state index is -0.342. The van der Waals surface area contributed by atoms with E-state index in [0.29, 0.717) is 37.7 Å². The molecule has 1 aliphatic heterocycles. The lowest BCUT2D eigenvalue weighted by Crippen LogP contribution is -2.44. The Kier molecular flexibility index (Phi) is 6.51. The predicted molar refractivity (Wildman–Crippen MR) is 131 cm³/mol. The number of imidazole rings is 1. The number of ether oxygens (including phenoxy) is 2. The summed E-state index contributed by atoms with van der Waals surface area (Å²) in [6.07, 6.45) is 5.37. The van der Waals surface area contributed by atoms with E-state index in [1.165, 1.54) is 6.07 Å². The largest absolute Gasteiger partial charge is 0.487 e. The number of aromatic nitrogens is 2. The molecule has 1 fully saturated rings. The summed E-state index contributed by atoms with van der Waals surface area (Å²) in [7, 11) is 0. The van der Waals surface area contributed by atoms with Crippen molar-refractivity contribution in [1.82, 2.24) is 14.7 Å². The van der Waals surface area contributed by atoms with Gasteiger partial charge in [-0.15, -0.1) is 0 Å². The van der Waals surface area contributed by atoms with Gasteiger partial charge in [-0.25, -0.2) is 9.37 Å². The normalized spacial score (nSPS) is 15.1. The lowest BCUT2D eigenvalue weighted by atomic mass is 9.74. The molecule has 0 bridgehead atoms. The van der Waals surface area contributed by atoms with Crippen molar-refractivity contribution < 1.29 is 18.7 Å². The van der Waals surface area contributed by atoms with Crippen LogP contribution in [0.1, 0.15) is 40.0 Å². The van der Waals surface area contributed by atoms with Crippen molar-refractivity contribution in [3.8, 4) is 5.75 Å². The minimum absolute atomic E-state index is 0.172. The summed E-state index contributed by atoms with van der Waals surface area (Å²) in [5.41, 5.74) is 3.95. The van der Waals surface area contributed by atoms with Crippen molar-refractivity contribution in [1.29, 1.82) is 0 Å². The number of hydrogen-bond acceptors (Lipinski definition) is 4. The Morgan fingerprint density at radius 2 is 1.94 bits per heavy atom. The van der Waals surface area contributed by atoms with Crippen LogP contribution in [-0.2, 0) is 16.8 Å². The number of amides is 1. The maximum Gasteiger partial charge on any atom is 0.251 e. The molecule has 180 valence electrons. The summed E-state index contributed by atoms with van der Waals surface area (Å²) in [6, 6.07) is 17.7. The summed E-state index contributed by atoms with van der Waals surface area (Å²) in [4.78, 5) is 17.5. The fourth-order valence-corrected chi connectivity index (χ4v) is 4.63. The molecule has 5 rings (SSSR count). The number of hydrogen-bond donors (Lipinski definition) is 1. The third-order valence-corrected chi connectivity index (χ3v) is 6.71. The zero-order chi connectivity index (χ0) is 24.3. The van der Waals surface area contributed by atoms with Gasteiger partial charge in [0, 0.05) is 43.1 Å². The van der Waals surface area contributed by atoms with E-state index in [1.54, 1.807) is 36.4 Å². The molecule has 4 aromatic rings. The van der Waals surface area contributed by atoms with Crippen molar-refractivity contribution in [2.24, 2.45) is 0 Å². The molecule has 7 heteroatoms. The molecule has 35 heavy (non-hydrogen) atoms. The highest BCUT2D eigenvalue weighted by Crippen LogP contribution is 2.34. The smallest absolute Gasteiger partial charge is 0.251 e. The topological polar surface area (TPSA) is 64.9 Å². The van der Waals surface area contributed by atoms with E-state index in [1.807, 2.05) is 41.9 Å². The molecular weight excluding hydrogens is 445 g/mol. The number of halogens is 1. The van der Waals surface area contributed by atoms with E-state index in [9.17, 15) is 9.18 Å². The van der Waals surface area contributed by atoms with Gasteiger partial charge >= 0.3 is 0 Å². The van der Waals surface area contributed by atoms with Crippen LogP contribution in [0, 0.1) is 12.7 Å². The molecule has 6 nitrogen and oxygen atoms in total. The van der Waals surface area contributed by atoms with Crippen LogP contribution in [0.2, 0.25) is 0 Å². The average Bonchev–Trinajstić information content (AvgIpc) is 3.32. The van der Waals surface area contributed by atoms with Crippen molar-refractivity contribution in [2.45, 2.75) is 31.8 Å². The molecular formula is C28H28FN3O3.